The lowest BCUT2D eigenvalue weighted by atomic mass is 9.40. The molecule has 2 N–H and O–H groups in total. The SMILES string of the molecule is CC[C@]12CC[C@@H](O)[C@H](C#C[C@@H](O)C3CCCCC3)[C@H]1C(C)C21OCCO1. The van der Waals surface area contributed by atoms with Gasteiger partial charge in [0, 0.05) is 11.3 Å². The molecule has 6 atom stereocenters. The van der Waals surface area contributed by atoms with Crippen molar-refractivity contribution in [3.63, 3.8) is 0 Å². The lowest BCUT2D eigenvalue weighted by molar-refractivity contribution is -0.387. The van der Waals surface area contributed by atoms with Crippen molar-refractivity contribution in [2.75, 3.05) is 13.2 Å². The number of aliphatic hydroxyl groups is 2. The molecule has 0 aromatic rings. The van der Waals surface area contributed by atoms with E-state index in [-0.39, 0.29) is 23.2 Å². The topological polar surface area (TPSA) is 58.9 Å². The van der Waals surface area contributed by atoms with Crippen molar-refractivity contribution < 1.29 is 19.7 Å². The van der Waals surface area contributed by atoms with Crippen LogP contribution in [-0.2, 0) is 9.47 Å². The molecule has 1 unspecified atom stereocenters. The van der Waals surface area contributed by atoms with Gasteiger partial charge in [0.15, 0.2) is 5.79 Å². The Morgan fingerprint density at radius 3 is 2.46 bits per heavy atom. The highest BCUT2D eigenvalue weighted by atomic mass is 16.7. The second-order valence-corrected chi connectivity index (χ2v) is 8.95. The Kier molecular flexibility index (Phi) is 5.11. The van der Waals surface area contributed by atoms with E-state index < -0.39 is 18.0 Å². The van der Waals surface area contributed by atoms with Gasteiger partial charge < -0.3 is 19.7 Å². The molecule has 4 aliphatic rings. The number of ether oxygens (including phenoxy) is 2. The molecule has 26 heavy (non-hydrogen) atoms. The fourth-order valence-electron chi connectivity index (χ4n) is 6.70. The van der Waals surface area contributed by atoms with E-state index in [9.17, 15) is 10.2 Å². The van der Waals surface area contributed by atoms with E-state index >= 15 is 0 Å². The highest BCUT2D eigenvalue weighted by molar-refractivity contribution is 5.24. The molecule has 1 saturated heterocycles. The van der Waals surface area contributed by atoms with E-state index in [1.165, 1.54) is 19.3 Å². The predicted octanol–water partition coefficient (Wildman–Crippen LogP) is 3.11. The predicted molar refractivity (Wildman–Crippen MR) is 99.1 cm³/mol. The van der Waals surface area contributed by atoms with Crippen LogP contribution in [0.25, 0.3) is 0 Å². The lowest BCUT2D eigenvalue weighted by Crippen LogP contribution is -2.74. The zero-order valence-electron chi connectivity index (χ0n) is 16.2. The second kappa shape index (κ2) is 7.09. The average Bonchev–Trinajstić information content (AvgIpc) is 3.20. The average molecular weight is 363 g/mol. The molecule has 3 saturated carbocycles. The van der Waals surface area contributed by atoms with Crippen molar-refractivity contribution >= 4 is 0 Å². The van der Waals surface area contributed by atoms with Crippen molar-refractivity contribution in [3.05, 3.63) is 0 Å². The van der Waals surface area contributed by atoms with Gasteiger partial charge in [-0.2, -0.15) is 0 Å². The molecule has 4 rings (SSSR count). The molecule has 3 aliphatic carbocycles. The van der Waals surface area contributed by atoms with Crippen LogP contribution in [0, 0.1) is 40.9 Å². The molecule has 4 fully saturated rings. The molecule has 1 aliphatic heterocycles. The first kappa shape index (κ1) is 18.7. The first-order chi connectivity index (χ1) is 12.6. The summed E-state index contributed by atoms with van der Waals surface area (Å²) in [5.74, 6) is 6.72. The standard InChI is InChI=1S/C22H34O4/c1-3-21-12-11-19(24)17(9-10-18(23)16-7-5-4-6-8-16)20(21)15(2)22(21)25-13-14-26-22/h15-20,23-24H,3-8,11-14H2,1-2H3/t15?,17-,18+,19+,20+,21-/m0/s1. The number of hydrogen-bond acceptors (Lipinski definition) is 4. The molecule has 0 amide bonds. The minimum atomic E-state index is -0.552. The first-order valence-corrected chi connectivity index (χ1v) is 10.7. The van der Waals surface area contributed by atoms with Crippen molar-refractivity contribution in [1.29, 1.82) is 0 Å². The summed E-state index contributed by atoms with van der Waals surface area (Å²) in [6.07, 6.45) is 7.52. The first-order valence-electron chi connectivity index (χ1n) is 10.7. The molecule has 4 heteroatoms. The zero-order chi connectivity index (χ0) is 18.4. The Balaban J connectivity index is 1.55. The van der Waals surface area contributed by atoms with Crippen LogP contribution < -0.4 is 0 Å². The highest BCUT2D eigenvalue weighted by Crippen LogP contribution is 2.70. The fourth-order valence-corrected chi connectivity index (χ4v) is 6.70. The number of hydrogen-bond donors (Lipinski definition) is 2. The highest BCUT2D eigenvalue weighted by Gasteiger charge is 2.75. The molecule has 4 nitrogen and oxygen atoms in total. The summed E-state index contributed by atoms with van der Waals surface area (Å²) in [4.78, 5) is 0. The van der Waals surface area contributed by atoms with Gasteiger partial charge in [0.2, 0.25) is 0 Å². The Bertz CT molecular complexity index is 566. The van der Waals surface area contributed by atoms with Crippen molar-refractivity contribution in [2.45, 2.75) is 83.2 Å². The molecule has 1 heterocycles. The van der Waals surface area contributed by atoms with Gasteiger partial charge >= 0.3 is 0 Å². The van der Waals surface area contributed by atoms with Gasteiger partial charge in [-0.25, -0.2) is 0 Å². The number of fused-ring (bicyclic) bond motifs is 2. The third-order valence-electron chi connectivity index (χ3n) is 8.00. The van der Waals surface area contributed by atoms with Gasteiger partial charge in [0.05, 0.1) is 25.2 Å². The van der Waals surface area contributed by atoms with E-state index in [1.54, 1.807) is 0 Å². The summed E-state index contributed by atoms with van der Waals surface area (Å²) >= 11 is 0. The van der Waals surface area contributed by atoms with Crippen LogP contribution >= 0.6 is 0 Å². The van der Waals surface area contributed by atoms with E-state index in [1.807, 2.05) is 0 Å². The van der Waals surface area contributed by atoms with Gasteiger partial charge in [-0.3, -0.25) is 0 Å². The van der Waals surface area contributed by atoms with E-state index in [0.717, 1.165) is 32.1 Å². The maximum absolute atomic E-state index is 10.7. The van der Waals surface area contributed by atoms with Crippen LogP contribution in [0.3, 0.4) is 0 Å². The maximum Gasteiger partial charge on any atom is 0.177 e. The Morgan fingerprint density at radius 1 is 1.12 bits per heavy atom. The van der Waals surface area contributed by atoms with E-state index in [2.05, 4.69) is 25.7 Å². The minimum absolute atomic E-state index is 0.0444. The summed E-state index contributed by atoms with van der Waals surface area (Å²) in [6, 6.07) is 0. The second-order valence-electron chi connectivity index (χ2n) is 8.95. The fraction of sp³-hybridized carbons (Fsp3) is 0.909. The normalized spacial score (nSPS) is 43.2. The molecule has 0 radical (unpaired) electrons. The quantitative estimate of drug-likeness (QED) is 0.741. The van der Waals surface area contributed by atoms with E-state index in [4.69, 9.17) is 9.47 Å². The smallest absolute Gasteiger partial charge is 0.177 e. The summed E-state index contributed by atoms with van der Waals surface area (Å²) in [5, 5.41) is 21.3. The summed E-state index contributed by atoms with van der Waals surface area (Å²) in [7, 11) is 0. The third kappa shape index (κ3) is 2.58. The molecule has 0 bridgehead atoms. The summed E-state index contributed by atoms with van der Waals surface area (Å²) < 4.78 is 12.3. The van der Waals surface area contributed by atoms with Crippen LogP contribution in [0.1, 0.15) is 65.2 Å². The molecule has 0 aromatic carbocycles. The largest absolute Gasteiger partial charge is 0.392 e. The Labute approximate surface area is 157 Å². The molecule has 0 aromatic heterocycles. The van der Waals surface area contributed by atoms with Gasteiger partial charge in [0.1, 0.15) is 6.10 Å². The molecular weight excluding hydrogens is 328 g/mol. The van der Waals surface area contributed by atoms with Crippen molar-refractivity contribution in [1.82, 2.24) is 0 Å². The lowest BCUT2D eigenvalue weighted by Gasteiger charge is -2.69. The van der Waals surface area contributed by atoms with Gasteiger partial charge in [-0.1, -0.05) is 45.0 Å². The zero-order valence-corrected chi connectivity index (χ0v) is 16.2. The van der Waals surface area contributed by atoms with Gasteiger partial charge in [0.25, 0.3) is 0 Å². The van der Waals surface area contributed by atoms with Crippen molar-refractivity contribution in [2.24, 2.45) is 29.1 Å². The summed E-state index contributed by atoms with van der Waals surface area (Å²) in [6.45, 7) is 5.73. The summed E-state index contributed by atoms with van der Waals surface area (Å²) in [5.41, 5.74) is -0.0444. The van der Waals surface area contributed by atoms with Gasteiger partial charge in [-0.15, -0.1) is 0 Å². The molecule has 146 valence electrons. The Morgan fingerprint density at radius 2 is 1.81 bits per heavy atom. The minimum Gasteiger partial charge on any atom is -0.392 e. The maximum atomic E-state index is 10.7. The van der Waals surface area contributed by atoms with Crippen LogP contribution in [-0.4, -0.2) is 41.4 Å². The number of rotatable bonds is 2. The third-order valence-corrected chi connectivity index (χ3v) is 8.00. The van der Waals surface area contributed by atoms with E-state index in [0.29, 0.717) is 19.1 Å². The molecule has 1 spiro atoms. The van der Waals surface area contributed by atoms with Crippen LogP contribution in [0.5, 0.6) is 0 Å². The number of aliphatic hydroxyl groups excluding tert-OH is 2. The van der Waals surface area contributed by atoms with Gasteiger partial charge in [-0.05, 0) is 43.9 Å². The van der Waals surface area contributed by atoms with Crippen LogP contribution in [0.15, 0.2) is 0 Å². The van der Waals surface area contributed by atoms with Crippen molar-refractivity contribution in [3.8, 4) is 11.8 Å². The Hall–Kier alpha value is -0.600. The molecular formula is C22H34O4. The van der Waals surface area contributed by atoms with Crippen LogP contribution in [0.2, 0.25) is 0 Å². The van der Waals surface area contributed by atoms with Crippen LogP contribution in [0.4, 0.5) is 0 Å². The monoisotopic (exact) mass is 362 g/mol.